The predicted molar refractivity (Wildman–Crippen MR) is 85.3 cm³/mol. The van der Waals surface area contributed by atoms with Gasteiger partial charge in [0.05, 0.1) is 29.4 Å². The number of ether oxygens (including phenoxy) is 1. The number of nitrogens with zero attached hydrogens (tertiary/aromatic N) is 2. The molecule has 0 bridgehead atoms. The molecule has 0 aliphatic carbocycles. The topological polar surface area (TPSA) is 84.0 Å². The highest BCUT2D eigenvalue weighted by atomic mass is 35.5. The van der Waals surface area contributed by atoms with Crippen LogP contribution in [-0.2, 0) is 24.8 Å². The normalized spacial score (nSPS) is 29.1. The van der Waals surface area contributed by atoms with Crippen molar-refractivity contribution in [1.82, 2.24) is 8.61 Å². The molecule has 10 heteroatoms. The third-order valence-corrected chi connectivity index (χ3v) is 8.16. The van der Waals surface area contributed by atoms with Gasteiger partial charge in [-0.15, -0.1) is 0 Å². The molecule has 2 saturated heterocycles. The van der Waals surface area contributed by atoms with Crippen LogP contribution < -0.4 is 0 Å². The molecule has 0 N–H and O–H groups in total. The highest BCUT2D eigenvalue weighted by molar-refractivity contribution is 7.89. The molecule has 0 amide bonds. The standard InChI is InChI=1S/C13H17ClN2O5S2/c1-15-12-8-16(9-13(12)21-6-7-22(15,17)18)23(19,20)11-4-2-10(14)3-5-11/h2-5,12-13H,6-9H2,1H3/t12-,13+/m1/s1. The Morgan fingerprint density at radius 3 is 2.52 bits per heavy atom. The Kier molecular flexibility index (Phi) is 4.45. The van der Waals surface area contributed by atoms with Crippen molar-refractivity contribution in [3.05, 3.63) is 29.3 Å². The summed E-state index contributed by atoms with van der Waals surface area (Å²) in [4.78, 5) is 0.129. The lowest BCUT2D eigenvalue weighted by molar-refractivity contribution is 0.0527. The largest absolute Gasteiger partial charge is 0.374 e. The van der Waals surface area contributed by atoms with Crippen molar-refractivity contribution in [3.8, 4) is 0 Å². The molecule has 0 aromatic heterocycles. The van der Waals surface area contributed by atoms with Gasteiger partial charge in [0, 0.05) is 25.2 Å². The van der Waals surface area contributed by atoms with Gasteiger partial charge in [0.15, 0.2) is 0 Å². The predicted octanol–water partition coefficient (Wildman–Crippen LogP) is 0.373. The number of hydrogen-bond donors (Lipinski definition) is 0. The van der Waals surface area contributed by atoms with Crippen LogP contribution in [0, 0.1) is 0 Å². The van der Waals surface area contributed by atoms with Gasteiger partial charge in [0.25, 0.3) is 0 Å². The molecular weight excluding hydrogens is 364 g/mol. The van der Waals surface area contributed by atoms with Crippen molar-refractivity contribution in [1.29, 1.82) is 0 Å². The van der Waals surface area contributed by atoms with E-state index in [1.165, 1.54) is 39.9 Å². The second-order valence-electron chi connectivity index (χ2n) is 5.58. The van der Waals surface area contributed by atoms with Crippen LogP contribution in [0.5, 0.6) is 0 Å². The van der Waals surface area contributed by atoms with Crippen LogP contribution in [0.1, 0.15) is 0 Å². The quantitative estimate of drug-likeness (QED) is 0.740. The lowest BCUT2D eigenvalue weighted by atomic mass is 10.2. The van der Waals surface area contributed by atoms with E-state index < -0.39 is 32.2 Å². The van der Waals surface area contributed by atoms with Crippen molar-refractivity contribution >= 4 is 31.6 Å². The van der Waals surface area contributed by atoms with Crippen LogP contribution in [-0.4, -0.2) is 70.1 Å². The van der Waals surface area contributed by atoms with Gasteiger partial charge in [-0.3, -0.25) is 0 Å². The van der Waals surface area contributed by atoms with Gasteiger partial charge in [-0.1, -0.05) is 11.6 Å². The Labute approximate surface area is 140 Å². The first-order chi connectivity index (χ1) is 10.7. The minimum absolute atomic E-state index is 0.0721. The molecule has 0 saturated carbocycles. The Balaban J connectivity index is 1.88. The maximum atomic E-state index is 12.7. The van der Waals surface area contributed by atoms with E-state index in [4.69, 9.17) is 16.3 Å². The Morgan fingerprint density at radius 1 is 1.22 bits per heavy atom. The molecule has 3 rings (SSSR count). The van der Waals surface area contributed by atoms with Gasteiger partial charge >= 0.3 is 0 Å². The summed E-state index contributed by atoms with van der Waals surface area (Å²) in [5.74, 6) is -0.0829. The summed E-state index contributed by atoms with van der Waals surface area (Å²) in [5, 5.41) is 0.449. The minimum Gasteiger partial charge on any atom is -0.374 e. The van der Waals surface area contributed by atoms with Crippen LogP contribution >= 0.6 is 11.6 Å². The molecule has 2 atom stereocenters. The Bertz CT molecular complexity index is 794. The second-order valence-corrected chi connectivity index (χ2v) is 10.1. The molecule has 2 aliphatic rings. The van der Waals surface area contributed by atoms with Crippen LogP contribution in [0.25, 0.3) is 0 Å². The summed E-state index contributed by atoms with van der Waals surface area (Å²) in [5.41, 5.74) is 0. The van der Waals surface area contributed by atoms with Crippen molar-refractivity contribution in [2.24, 2.45) is 0 Å². The molecule has 23 heavy (non-hydrogen) atoms. The van der Waals surface area contributed by atoms with E-state index in [1.54, 1.807) is 0 Å². The summed E-state index contributed by atoms with van der Waals surface area (Å²) >= 11 is 5.79. The van der Waals surface area contributed by atoms with Crippen molar-refractivity contribution < 1.29 is 21.6 Å². The summed E-state index contributed by atoms with van der Waals surface area (Å²) in [7, 11) is -5.66. The summed E-state index contributed by atoms with van der Waals surface area (Å²) in [6.45, 7) is 0.281. The van der Waals surface area contributed by atoms with E-state index in [2.05, 4.69) is 0 Å². The maximum absolute atomic E-state index is 12.7. The van der Waals surface area contributed by atoms with E-state index in [0.717, 1.165) is 0 Å². The molecule has 2 heterocycles. The highest BCUT2D eigenvalue weighted by Gasteiger charge is 2.46. The summed E-state index contributed by atoms with van der Waals surface area (Å²) < 4.78 is 57.6. The average molecular weight is 381 g/mol. The van der Waals surface area contributed by atoms with Crippen molar-refractivity contribution in [3.63, 3.8) is 0 Å². The van der Waals surface area contributed by atoms with E-state index >= 15 is 0 Å². The third-order valence-electron chi connectivity index (χ3n) is 4.23. The summed E-state index contributed by atoms with van der Waals surface area (Å²) in [6, 6.07) is 5.38. The lowest BCUT2D eigenvalue weighted by Gasteiger charge is -2.23. The molecule has 1 aromatic rings. The summed E-state index contributed by atoms with van der Waals surface area (Å²) in [6.07, 6.45) is -0.459. The Morgan fingerprint density at radius 2 is 1.87 bits per heavy atom. The van der Waals surface area contributed by atoms with Crippen LogP contribution in [0.4, 0.5) is 0 Å². The fourth-order valence-electron chi connectivity index (χ4n) is 2.84. The number of benzene rings is 1. The van der Waals surface area contributed by atoms with Crippen LogP contribution in [0.15, 0.2) is 29.2 Å². The number of sulfonamides is 2. The Hall–Kier alpha value is -0.710. The van der Waals surface area contributed by atoms with Gasteiger partial charge in [-0.25, -0.2) is 16.8 Å². The molecule has 2 aliphatic heterocycles. The molecule has 1 aromatic carbocycles. The number of halogens is 1. The zero-order valence-corrected chi connectivity index (χ0v) is 14.8. The van der Waals surface area contributed by atoms with E-state index in [9.17, 15) is 16.8 Å². The molecular formula is C13H17ClN2O5S2. The first-order valence-electron chi connectivity index (χ1n) is 7.05. The third kappa shape index (κ3) is 3.13. The smallest absolute Gasteiger partial charge is 0.243 e. The SMILES string of the molecule is CN1[C@@H]2CN(S(=O)(=O)c3ccc(Cl)cc3)C[C@@H]2OCCS1(=O)=O. The zero-order valence-electron chi connectivity index (χ0n) is 12.4. The van der Waals surface area contributed by atoms with Crippen LogP contribution in [0.3, 0.4) is 0 Å². The molecule has 0 spiro atoms. The van der Waals surface area contributed by atoms with Gasteiger partial charge in [-0.05, 0) is 24.3 Å². The van der Waals surface area contributed by atoms with Gasteiger partial charge < -0.3 is 4.74 Å². The molecule has 0 radical (unpaired) electrons. The molecule has 128 valence electrons. The fourth-order valence-corrected chi connectivity index (χ4v) is 5.65. The van der Waals surface area contributed by atoms with Crippen LogP contribution in [0.2, 0.25) is 5.02 Å². The monoisotopic (exact) mass is 380 g/mol. The van der Waals surface area contributed by atoms with Gasteiger partial charge in [-0.2, -0.15) is 8.61 Å². The van der Waals surface area contributed by atoms with E-state index in [0.29, 0.717) is 5.02 Å². The van der Waals surface area contributed by atoms with Gasteiger partial charge in [0.2, 0.25) is 20.0 Å². The minimum atomic E-state index is -3.71. The number of rotatable bonds is 2. The highest BCUT2D eigenvalue weighted by Crippen LogP contribution is 2.28. The lowest BCUT2D eigenvalue weighted by Crippen LogP contribution is -2.43. The second kappa shape index (κ2) is 5.98. The number of fused-ring (bicyclic) bond motifs is 1. The molecule has 7 nitrogen and oxygen atoms in total. The zero-order chi connectivity index (χ0) is 16.8. The van der Waals surface area contributed by atoms with E-state index in [1.807, 2.05) is 0 Å². The maximum Gasteiger partial charge on any atom is 0.243 e. The average Bonchev–Trinajstić information content (AvgIpc) is 2.87. The first-order valence-corrected chi connectivity index (χ1v) is 10.5. The fraction of sp³-hybridized carbons (Fsp3) is 0.538. The molecule has 0 unspecified atom stereocenters. The first kappa shape index (κ1) is 17.1. The van der Waals surface area contributed by atoms with Crippen molar-refractivity contribution in [2.45, 2.75) is 17.0 Å². The number of hydrogen-bond acceptors (Lipinski definition) is 5. The number of likely N-dealkylation sites (N-methyl/N-ethyl adjacent to an activating group) is 1. The molecule has 2 fully saturated rings. The van der Waals surface area contributed by atoms with Crippen molar-refractivity contribution in [2.75, 3.05) is 32.5 Å². The van der Waals surface area contributed by atoms with Gasteiger partial charge in [0.1, 0.15) is 0 Å². The van der Waals surface area contributed by atoms with E-state index in [-0.39, 0.29) is 30.3 Å².